The molecule has 22 heavy (non-hydrogen) atoms. The van der Waals surface area contributed by atoms with Gasteiger partial charge in [0.15, 0.2) is 0 Å². The third-order valence-corrected chi connectivity index (χ3v) is 2.87. The molecule has 0 spiro atoms. The van der Waals surface area contributed by atoms with E-state index in [0.717, 1.165) is 18.2 Å². The van der Waals surface area contributed by atoms with Crippen molar-refractivity contribution in [3.8, 4) is 11.4 Å². The molecule has 3 rings (SSSR count). The average Bonchev–Trinajstić information content (AvgIpc) is 3.00. The van der Waals surface area contributed by atoms with Crippen LogP contribution in [0.2, 0.25) is 0 Å². The number of benzene rings is 2. The first-order valence-corrected chi connectivity index (χ1v) is 6.23. The zero-order valence-electron chi connectivity index (χ0n) is 11.0. The highest BCUT2D eigenvalue weighted by molar-refractivity contribution is 6.04. The van der Waals surface area contributed by atoms with Crippen LogP contribution < -0.4 is 5.32 Å². The number of anilines is 1. The van der Waals surface area contributed by atoms with Gasteiger partial charge in [-0.05, 0) is 29.5 Å². The monoisotopic (exact) mass is 301 g/mol. The lowest BCUT2D eigenvalue weighted by atomic mass is 10.1. The summed E-state index contributed by atoms with van der Waals surface area (Å²) in [6.07, 6.45) is 0. The normalized spacial score (nSPS) is 10.5. The molecular formula is C14H9F2N5O. The summed E-state index contributed by atoms with van der Waals surface area (Å²) in [6.45, 7) is 0. The molecule has 8 heteroatoms. The van der Waals surface area contributed by atoms with E-state index in [1.54, 1.807) is 24.3 Å². The molecule has 0 atom stereocenters. The highest BCUT2D eigenvalue weighted by Crippen LogP contribution is 2.17. The summed E-state index contributed by atoms with van der Waals surface area (Å²) in [7, 11) is 0. The third-order valence-electron chi connectivity index (χ3n) is 2.87. The lowest BCUT2D eigenvalue weighted by Gasteiger charge is -2.06. The van der Waals surface area contributed by atoms with Crippen LogP contribution in [0.3, 0.4) is 0 Å². The van der Waals surface area contributed by atoms with Crippen molar-refractivity contribution in [1.29, 1.82) is 0 Å². The van der Waals surface area contributed by atoms with E-state index in [1.165, 1.54) is 0 Å². The van der Waals surface area contributed by atoms with Gasteiger partial charge in [-0.15, -0.1) is 10.2 Å². The van der Waals surface area contributed by atoms with Gasteiger partial charge in [0.25, 0.3) is 5.91 Å². The summed E-state index contributed by atoms with van der Waals surface area (Å²) in [4.78, 5) is 12.0. The highest BCUT2D eigenvalue weighted by Gasteiger charge is 2.09. The molecule has 1 amide bonds. The van der Waals surface area contributed by atoms with Crippen LogP contribution in [0.5, 0.6) is 0 Å². The molecule has 0 fully saturated rings. The smallest absolute Gasteiger partial charge is 0.255 e. The van der Waals surface area contributed by atoms with Crippen LogP contribution in [-0.2, 0) is 0 Å². The standard InChI is InChI=1S/C14H9F2N5O/c15-10-5-11(16)7-12(6-10)17-14(22)9-3-1-8(2-4-9)13-18-20-21-19-13/h1-7H,(H,17,22)(H,18,19,20,21). The number of aromatic amines is 1. The van der Waals surface area contributed by atoms with Gasteiger partial charge in [0.05, 0.1) is 0 Å². The van der Waals surface area contributed by atoms with Crippen molar-refractivity contribution in [2.45, 2.75) is 0 Å². The Morgan fingerprint density at radius 1 is 1.05 bits per heavy atom. The Morgan fingerprint density at radius 3 is 2.32 bits per heavy atom. The van der Waals surface area contributed by atoms with E-state index >= 15 is 0 Å². The van der Waals surface area contributed by atoms with Gasteiger partial charge in [0.2, 0.25) is 5.82 Å². The molecule has 2 aromatic carbocycles. The second-order valence-corrected chi connectivity index (χ2v) is 4.43. The van der Waals surface area contributed by atoms with Crippen LogP contribution in [0, 0.1) is 11.6 Å². The highest BCUT2D eigenvalue weighted by atomic mass is 19.1. The number of aromatic nitrogens is 4. The Kier molecular flexibility index (Phi) is 3.57. The Bertz CT molecular complexity index is 782. The molecule has 0 saturated heterocycles. The minimum Gasteiger partial charge on any atom is -0.322 e. The summed E-state index contributed by atoms with van der Waals surface area (Å²) in [5.41, 5.74) is 1.06. The van der Waals surface area contributed by atoms with Crippen molar-refractivity contribution >= 4 is 11.6 Å². The second-order valence-electron chi connectivity index (χ2n) is 4.43. The quantitative estimate of drug-likeness (QED) is 0.778. The summed E-state index contributed by atoms with van der Waals surface area (Å²) in [6, 6.07) is 9.20. The van der Waals surface area contributed by atoms with Crippen molar-refractivity contribution in [3.63, 3.8) is 0 Å². The van der Waals surface area contributed by atoms with E-state index in [4.69, 9.17) is 0 Å². The largest absolute Gasteiger partial charge is 0.322 e. The van der Waals surface area contributed by atoms with Gasteiger partial charge in [-0.3, -0.25) is 4.79 Å². The number of hydrogen-bond acceptors (Lipinski definition) is 4. The Morgan fingerprint density at radius 2 is 1.73 bits per heavy atom. The number of tetrazole rings is 1. The number of carbonyl (C=O) groups is 1. The van der Waals surface area contributed by atoms with E-state index in [-0.39, 0.29) is 5.69 Å². The lowest BCUT2D eigenvalue weighted by molar-refractivity contribution is 0.102. The van der Waals surface area contributed by atoms with Crippen molar-refractivity contribution in [2.24, 2.45) is 0 Å². The van der Waals surface area contributed by atoms with Crippen molar-refractivity contribution < 1.29 is 13.6 Å². The Balaban J connectivity index is 1.77. The molecule has 3 aromatic rings. The summed E-state index contributed by atoms with van der Waals surface area (Å²) >= 11 is 0. The van der Waals surface area contributed by atoms with Crippen LogP contribution in [-0.4, -0.2) is 26.5 Å². The molecule has 0 aliphatic carbocycles. The van der Waals surface area contributed by atoms with E-state index in [9.17, 15) is 13.6 Å². The molecule has 0 aliphatic rings. The average molecular weight is 301 g/mol. The van der Waals surface area contributed by atoms with Crippen LogP contribution in [0.15, 0.2) is 42.5 Å². The topological polar surface area (TPSA) is 83.6 Å². The summed E-state index contributed by atoms with van der Waals surface area (Å²) in [5.74, 6) is -1.60. The van der Waals surface area contributed by atoms with Gasteiger partial charge in [0, 0.05) is 22.9 Å². The first-order chi connectivity index (χ1) is 10.6. The fraction of sp³-hybridized carbons (Fsp3) is 0. The number of nitrogens with zero attached hydrogens (tertiary/aromatic N) is 3. The van der Waals surface area contributed by atoms with Crippen LogP contribution in [0.1, 0.15) is 10.4 Å². The number of amides is 1. The fourth-order valence-corrected chi connectivity index (χ4v) is 1.88. The van der Waals surface area contributed by atoms with E-state index < -0.39 is 17.5 Å². The molecular weight excluding hydrogens is 292 g/mol. The van der Waals surface area contributed by atoms with Crippen molar-refractivity contribution in [2.75, 3.05) is 5.32 Å². The molecule has 0 bridgehead atoms. The summed E-state index contributed by atoms with van der Waals surface area (Å²) in [5, 5.41) is 15.8. The molecule has 1 aromatic heterocycles. The van der Waals surface area contributed by atoms with E-state index in [0.29, 0.717) is 17.0 Å². The van der Waals surface area contributed by atoms with Crippen LogP contribution >= 0.6 is 0 Å². The first kappa shape index (κ1) is 13.8. The molecule has 0 unspecified atom stereocenters. The maximum atomic E-state index is 13.1. The van der Waals surface area contributed by atoms with Gasteiger partial charge in [-0.25, -0.2) is 8.78 Å². The molecule has 0 radical (unpaired) electrons. The van der Waals surface area contributed by atoms with Crippen molar-refractivity contribution in [1.82, 2.24) is 20.6 Å². The number of nitrogens with one attached hydrogen (secondary N) is 2. The van der Waals surface area contributed by atoms with Gasteiger partial charge in [-0.2, -0.15) is 5.21 Å². The number of hydrogen-bond donors (Lipinski definition) is 2. The molecule has 6 nitrogen and oxygen atoms in total. The van der Waals surface area contributed by atoms with E-state index in [2.05, 4.69) is 25.9 Å². The molecule has 1 heterocycles. The first-order valence-electron chi connectivity index (χ1n) is 6.23. The summed E-state index contributed by atoms with van der Waals surface area (Å²) < 4.78 is 26.2. The maximum absolute atomic E-state index is 13.1. The molecule has 0 saturated carbocycles. The van der Waals surface area contributed by atoms with Gasteiger partial charge < -0.3 is 5.32 Å². The van der Waals surface area contributed by atoms with Crippen molar-refractivity contribution in [3.05, 3.63) is 59.7 Å². The Hall–Kier alpha value is -3.16. The second kappa shape index (κ2) is 5.68. The van der Waals surface area contributed by atoms with E-state index in [1.807, 2.05) is 0 Å². The molecule has 110 valence electrons. The fourth-order valence-electron chi connectivity index (χ4n) is 1.88. The van der Waals surface area contributed by atoms with Crippen LogP contribution in [0.4, 0.5) is 14.5 Å². The number of halogens is 2. The minimum absolute atomic E-state index is 0.0461. The Labute approximate surface area is 123 Å². The van der Waals surface area contributed by atoms with Gasteiger partial charge >= 0.3 is 0 Å². The number of rotatable bonds is 3. The molecule has 2 N–H and O–H groups in total. The van der Waals surface area contributed by atoms with Gasteiger partial charge in [-0.1, -0.05) is 12.1 Å². The minimum atomic E-state index is -0.761. The SMILES string of the molecule is O=C(Nc1cc(F)cc(F)c1)c1ccc(-c2nn[nH]n2)cc1. The zero-order valence-corrected chi connectivity index (χ0v) is 11.0. The molecule has 0 aliphatic heterocycles. The van der Waals surface area contributed by atoms with Crippen LogP contribution in [0.25, 0.3) is 11.4 Å². The number of carbonyl (C=O) groups excluding carboxylic acids is 1. The lowest BCUT2D eigenvalue weighted by Crippen LogP contribution is -2.12. The zero-order chi connectivity index (χ0) is 15.5. The predicted molar refractivity (Wildman–Crippen MR) is 73.9 cm³/mol. The third kappa shape index (κ3) is 2.95. The maximum Gasteiger partial charge on any atom is 0.255 e. The number of H-pyrrole nitrogens is 1. The predicted octanol–water partition coefficient (Wildman–Crippen LogP) is 2.40. The van der Waals surface area contributed by atoms with Gasteiger partial charge in [0.1, 0.15) is 11.6 Å².